The van der Waals surface area contributed by atoms with E-state index in [1.165, 1.54) is 6.42 Å². The maximum Gasteiger partial charge on any atom is 0.156 e. The molecule has 3 nitrogen and oxygen atoms in total. The lowest BCUT2D eigenvalue weighted by atomic mass is 9.69. The van der Waals surface area contributed by atoms with Gasteiger partial charge in [-0.2, -0.15) is 0 Å². The molecule has 3 heteroatoms. The summed E-state index contributed by atoms with van der Waals surface area (Å²) >= 11 is 0. The van der Waals surface area contributed by atoms with E-state index in [0.717, 1.165) is 38.7 Å². The topological polar surface area (TPSA) is 29.5 Å². The van der Waals surface area contributed by atoms with E-state index in [-0.39, 0.29) is 17.1 Å². The van der Waals surface area contributed by atoms with E-state index in [1.54, 1.807) is 0 Å². The molecule has 1 heterocycles. The van der Waals surface area contributed by atoms with Crippen LogP contribution < -0.4 is 0 Å². The normalized spacial score (nSPS) is 29.9. The van der Waals surface area contributed by atoms with E-state index in [0.29, 0.717) is 5.78 Å². The quantitative estimate of drug-likeness (QED) is 0.771. The average Bonchev–Trinajstić information content (AvgIpc) is 2.35. The molecular formula is C15H27NO2. The smallest absolute Gasteiger partial charge is 0.156 e. The van der Waals surface area contributed by atoms with Gasteiger partial charge in [-0.15, -0.1) is 0 Å². The van der Waals surface area contributed by atoms with Crippen LogP contribution >= 0.6 is 0 Å². The van der Waals surface area contributed by atoms with E-state index >= 15 is 0 Å². The van der Waals surface area contributed by atoms with Crippen molar-refractivity contribution >= 4 is 5.78 Å². The van der Waals surface area contributed by atoms with E-state index in [1.807, 2.05) is 14.1 Å². The predicted molar refractivity (Wildman–Crippen MR) is 72.6 cm³/mol. The fraction of sp³-hybridized carbons (Fsp3) is 0.933. The minimum atomic E-state index is -0.313. The maximum absolute atomic E-state index is 12.8. The van der Waals surface area contributed by atoms with Crippen molar-refractivity contribution in [1.29, 1.82) is 0 Å². The molecule has 0 aromatic rings. The molecule has 104 valence electrons. The van der Waals surface area contributed by atoms with Gasteiger partial charge in [0.15, 0.2) is 5.78 Å². The highest BCUT2D eigenvalue weighted by Crippen LogP contribution is 2.45. The lowest BCUT2D eigenvalue weighted by molar-refractivity contribution is -0.161. The Morgan fingerprint density at radius 3 is 2.56 bits per heavy atom. The Hall–Kier alpha value is -0.410. The summed E-state index contributed by atoms with van der Waals surface area (Å²) in [5, 5.41) is 0. The zero-order chi connectivity index (χ0) is 13.4. The third-order valence-corrected chi connectivity index (χ3v) is 5.33. The summed E-state index contributed by atoms with van der Waals surface area (Å²) < 4.78 is 5.92. The number of ether oxygens (including phenoxy) is 1. The molecule has 2 atom stereocenters. The molecule has 1 saturated heterocycles. The first-order valence-corrected chi connectivity index (χ1v) is 7.29. The van der Waals surface area contributed by atoms with Crippen molar-refractivity contribution in [2.24, 2.45) is 5.92 Å². The third kappa shape index (κ3) is 2.23. The third-order valence-electron chi connectivity index (χ3n) is 5.33. The van der Waals surface area contributed by atoms with Crippen molar-refractivity contribution in [2.45, 2.75) is 63.5 Å². The van der Waals surface area contributed by atoms with Gasteiger partial charge in [0.05, 0.1) is 11.1 Å². The van der Waals surface area contributed by atoms with Crippen LogP contribution in [0.5, 0.6) is 0 Å². The fourth-order valence-corrected chi connectivity index (χ4v) is 3.32. The van der Waals surface area contributed by atoms with E-state index in [9.17, 15) is 4.79 Å². The molecule has 0 bridgehead atoms. The van der Waals surface area contributed by atoms with Crippen LogP contribution in [-0.2, 0) is 9.53 Å². The van der Waals surface area contributed by atoms with Crippen LogP contribution in [0, 0.1) is 5.92 Å². The molecule has 1 spiro atoms. The highest BCUT2D eigenvalue weighted by molar-refractivity contribution is 5.90. The monoisotopic (exact) mass is 253 g/mol. The number of hydrogen-bond acceptors (Lipinski definition) is 3. The van der Waals surface area contributed by atoms with Gasteiger partial charge in [0.25, 0.3) is 0 Å². The summed E-state index contributed by atoms with van der Waals surface area (Å²) in [7, 11) is 4.03. The van der Waals surface area contributed by atoms with Gasteiger partial charge in [-0.05, 0) is 59.5 Å². The Morgan fingerprint density at radius 1 is 1.44 bits per heavy atom. The molecule has 2 unspecified atom stereocenters. The van der Waals surface area contributed by atoms with Crippen LogP contribution in [0.1, 0.15) is 52.4 Å². The molecule has 2 rings (SSSR count). The Balaban J connectivity index is 2.08. The Morgan fingerprint density at radius 2 is 2.11 bits per heavy atom. The van der Waals surface area contributed by atoms with Gasteiger partial charge in [0, 0.05) is 12.5 Å². The molecule has 0 amide bonds. The second kappa shape index (κ2) is 4.93. The second-order valence-electron chi connectivity index (χ2n) is 6.46. The van der Waals surface area contributed by atoms with Gasteiger partial charge >= 0.3 is 0 Å². The molecule has 0 aromatic carbocycles. The number of likely N-dealkylation sites (N-methyl/N-ethyl adjacent to an activating group) is 1. The van der Waals surface area contributed by atoms with Crippen molar-refractivity contribution in [3.63, 3.8) is 0 Å². The summed E-state index contributed by atoms with van der Waals surface area (Å²) in [6.45, 7) is 4.96. The zero-order valence-electron chi connectivity index (χ0n) is 12.3. The molecule has 0 aromatic heterocycles. The molecule has 1 aliphatic carbocycles. The summed E-state index contributed by atoms with van der Waals surface area (Å²) in [5.41, 5.74) is -0.244. The van der Waals surface area contributed by atoms with Crippen LogP contribution in [0.25, 0.3) is 0 Å². The maximum atomic E-state index is 12.8. The largest absolute Gasteiger partial charge is 0.375 e. The van der Waals surface area contributed by atoms with Gasteiger partial charge in [-0.1, -0.05) is 6.92 Å². The van der Waals surface area contributed by atoms with Crippen molar-refractivity contribution in [3.05, 3.63) is 0 Å². The molecule has 1 saturated carbocycles. The Labute approximate surface area is 111 Å². The standard InChI is InChI=1S/C15H27NO2/c1-5-14(2,16(3)4)13(17)12-7-10-18-15(11-12)8-6-9-15/h12H,5-11H2,1-4H3. The van der Waals surface area contributed by atoms with Crippen molar-refractivity contribution in [1.82, 2.24) is 4.90 Å². The SMILES string of the molecule is CCC(C)(C(=O)C1CCOC2(CCC2)C1)N(C)C. The van der Waals surface area contributed by atoms with Crippen LogP contribution in [-0.4, -0.2) is 42.5 Å². The molecule has 18 heavy (non-hydrogen) atoms. The molecule has 1 aliphatic heterocycles. The average molecular weight is 253 g/mol. The van der Waals surface area contributed by atoms with E-state index in [2.05, 4.69) is 18.7 Å². The Bertz CT molecular complexity index is 322. The number of rotatable bonds is 4. The van der Waals surface area contributed by atoms with Crippen LogP contribution in [0.4, 0.5) is 0 Å². The second-order valence-corrected chi connectivity index (χ2v) is 6.46. The van der Waals surface area contributed by atoms with Crippen LogP contribution in [0.3, 0.4) is 0 Å². The number of Topliss-reactive ketones (excluding diaryl/α,β-unsaturated/α-hetero) is 1. The van der Waals surface area contributed by atoms with E-state index in [4.69, 9.17) is 4.74 Å². The summed E-state index contributed by atoms with van der Waals surface area (Å²) in [6, 6.07) is 0. The lowest BCUT2D eigenvalue weighted by Gasteiger charge is -2.48. The van der Waals surface area contributed by atoms with Crippen molar-refractivity contribution in [2.75, 3.05) is 20.7 Å². The number of hydrogen-bond donors (Lipinski definition) is 0. The molecular weight excluding hydrogens is 226 g/mol. The van der Waals surface area contributed by atoms with Crippen molar-refractivity contribution in [3.8, 4) is 0 Å². The van der Waals surface area contributed by atoms with Crippen molar-refractivity contribution < 1.29 is 9.53 Å². The summed E-state index contributed by atoms with van der Waals surface area (Å²) in [5.74, 6) is 0.621. The zero-order valence-corrected chi connectivity index (χ0v) is 12.3. The highest BCUT2D eigenvalue weighted by Gasteiger charge is 2.47. The van der Waals surface area contributed by atoms with Gasteiger partial charge in [0.2, 0.25) is 0 Å². The molecule has 0 radical (unpaired) electrons. The first kappa shape index (κ1) is 14.0. The number of carbonyl (C=O) groups is 1. The molecule has 0 N–H and O–H groups in total. The predicted octanol–water partition coefficient (Wildman–Crippen LogP) is 2.64. The van der Waals surface area contributed by atoms with Crippen LogP contribution in [0.15, 0.2) is 0 Å². The Kier molecular flexibility index (Phi) is 3.84. The molecule has 2 fully saturated rings. The summed E-state index contributed by atoms with van der Waals surface area (Å²) in [4.78, 5) is 14.9. The van der Waals surface area contributed by atoms with Gasteiger partial charge in [-0.3, -0.25) is 9.69 Å². The first-order chi connectivity index (χ1) is 8.43. The number of ketones is 1. The van der Waals surface area contributed by atoms with E-state index < -0.39 is 0 Å². The minimum absolute atomic E-state index is 0.0690. The van der Waals surface area contributed by atoms with Gasteiger partial charge < -0.3 is 4.74 Å². The highest BCUT2D eigenvalue weighted by atomic mass is 16.5. The van der Waals surface area contributed by atoms with Gasteiger partial charge in [0.1, 0.15) is 0 Å². The first-order valence-electron chi connectivity index (χ1n) is 7.29. The van der Waals surface area contributed by atoms with Gasteiger partial charge in [-0.25, -0.2) is 0 Å². The fourth-order valence-electron chi connectivity index (χ4n) is 3.32. The lowest BCUT2D eigenvalue weighted by Crippen LogP contribution is -2.54. The number of nitrogens with zero attached hydrogens (tertiary/aromatic N) is 1. The number of carbonyl (C=O) groups excluding carboxylic acids is 1. The molecule has 2 aliphatic rings. The minimum Gasteiger partial charge on any atom is -0.375 e. The van der Waals surface area contributed by atoms with Crippen LogP contribution in [0.2, 0.25) is 0 Å². The summed E-state index contributed by atoms with van der Waals surface area (Å²) in [6.07, 6.45) is 6.31.